The van der Waals surface area contributed by atoms with Gasteiger partial charge in [0.25, 0.3) is 0 Å². The largest absolute Gasteiger partial charge is 0.388 e. The average Bonchev–Trinajstić information content (AvgIpc) is 2.47. The maximum absolute atomic E-state index is 10.1. The number of rotatable bonds is 4. The van der Waals surface area contributed by atoms with E-state index in [2.05, 4.69) is 18.8 Å². The molecule has 2 rings (SSSR count). The van der Waals surface area contributed by atoms with Crippen molar-refractivity contribution < 1.29 is 5.11 Å². The lowest BCUT2D eigenvalue weighted by Crippen LogP contribution is -2.08. The summed E-state index contributed by atoms with van der Waals surface area (Å²) in [5.41, 5.74) is 2.93. The first kappa shape index (κ1) is 12.8. The fourth-order valence-corrected chi connectivity index (χ4v) is 1.91. The molecular formula is C16H19NO. The first-order valence-electron chi connectivity index (χ1n) is 6.41. The van der Waals surface area contributed by atoms with Crippen molar-refractivity contribution >= 4 is 0 Å². The molecule has 1 aromatic carbocycles. The van der Waals surface area contributed by atoms with Crippen LogP contribution in [0.1, 0.15) is 31.9 Å². The third-order valence-electron chi connectivity index (χ3n) is 3.38. The van der Waals surface area contributed by atoms with Crippen LogP contribution in [0.2, 0.25) is 0 Å². The molecule has 0 aliphatic heterocycles. The van der Waals surface area contributed by atoms with Crippen LogP contribution in [-0.2, 0) is 0 Å². The molecular weight excluding hydrogens is 222 g/mol. The van der Waals surface area contributed by atoms with Gasteiger partial charge in [0.15, 0.2) is 0 Å². The second-order valence-corrected chi connectivity index (χ2v) is 4.67. The Bertz CT molecular complexity index is 478. The van der Waals surface area contributed by atoms with Gasteiger partial charge in [-0.15, -0.1) is 0 Å². The maximum Gasteiger partial charge on any atom is 0.0830 e. The van der Waals surface area contributed by atoms with E-state index in [1.54, 1.807) is 6.20 Å². The molecule has 2 heteroatoms. The molecule has 18 heavy (non-hydrogen) atoms. The Morgan fingerprint density at radius 1 is 1.11 bits per heavy atom. The highest BCUT2D eigenvalue weighted by atomic mass is 16.3. The molecule has 0 spiro atoms. The highest BCUT2D eigenvalue weighted by Crippen LogP contribution is 2.25. The average molecular weight is 241 g/mol. The predicted octanol–water partition coefficient (Wildman–Crippen LogP) is 3.83. The lowest BCUT2D eigenvalue weighted by molar-refractivity contribution is 0.115. The minimum atomic E-state index is -0.424. The van der Waals surface area contributed by atoms with Crippen LogP contribution in [-0.4, -0.2) is 10.1 Å². The third-order valence-corrected chi connectivity index (χ3v) is 3.38. The molecule has 94 valence electrons. The summed E-state index contributed by atoms with van der Waals surface area (Å²) in [4.78, 5) is 4.43. The van der Waals surface area contributed by atoms with Crippen molar-refractivity contribution in [2.75, 3.05) is 0 Å². The molecule has 0 saturated carbocycles. The fraction of sp³-hybridized carbons (Fsp3) is 0.312. The van der Waals surface area contributed by atoms with Gasteiger partial charge in [-0.1, -0.05) is 56.7 Å². The van der Waals surface area contributed by atoms with Crippen LogP contribution in [0.5, 0.6) is 0 Å². The van der Waals surface area contributed by atoms with Crippen molar-refractivity contribution in [3.8, 4) is 11.3 Å². The number of aliphatic hydroxyl groups excluding tert-OH is 1. The van der Waals surface area contributed by atoms with Gasteiger partial charge in [-0.25, -0.2) is 0 Å². The van der Waals surface area contributed by atoms with E-state index in [0.717, 1.165) is 23.2 Å². The van der Waals surface area contributed by atoms with Crippen molar-refractivity contribution in [3.63, 3.8) is 0 Å². The first-order chi connectivity index (χ1) is 8.72. The van der Waals surface area contributed by atoms with Crippen molar-refractivity contribution in [1.82, 2.24) is 4.98 Å². The van der Waals surface area contributed by atoms with E-state index < -0.39 is 6.10 Å². The van der Waals surface area contributed by atoms with E-state index in [1.165, 1.54) is 0 Å². The van der Waals surface area contributed by atoms with Gasteiger partial charge in [0.05, 0.1) is 11.8 Å². The number of pyridine rings is 1. The monoisotopic (exact) mass is 241 g/mol. The Morgan fingerprint density at radius 3 is 2.39 bits per heavy atom. The molecule has 2 unspecified atom stereocenters. The Labute approximate surface area is 108 Å². The first-order valence-corrected chi connectivity index (χ1v) is 6.41. The number of nitrogens with zero attached hydrogens (tertiary/aromatic N) is 1. The number of aromatic nitrogens is 1. The molecule has 1 N–H and O–H groups in total. The molecule has 2 nitrogen and oxygen atoms in total. The van der Waals surface area contributed by atoms with Gasteiger partial charge in [-0.2, -0.15) is 0 Å². The zero-order valence-corrected chi connectivity index (χ0v) is 10.9. The number of hydrogen-bond acceptors (Lipinski definition) is 2. The smallest absolute Gasteiger partial charge is 0.0830 e. The van der Waals surface area contributed by atoms with Crippen LogP contribution in [0, 0.1) is 5.92 Å². The van der Waals surface area contributed by atoms with Crippen LogP contribution < -0.4 is 0 Å². The van der Waals surface area contributed by atoms with Crippen LogP contribution in [0.25, 0.3) is 11.3 Å². The van der Waals surface area contributed by atoms with Crippen LogP contribution in [0.3, 0.4) is 0 Å². The molecule has 2 aromatic rings. The lowest BCUT2D eigenvalue weighted by atomic mass is 9.96. The quantitative estimate of drug-likeness (QED) is 0.882. The molecule has 0 bridgehead atoms. The second kappa shape index (κ2) is 5.78. The molecule has 0 aliphatic carbocycles. The highest BCUT2D eigenvalue weighted by molar-refractivity contribution is 5.58. The van der Waals surface area contributed by atoms with Crippen LogP contribution in [0.4, 0.5) is 0 Å². The van der Waals surface area contributed by atoms with E-state index in [4.69, 9.17) is 0 Å². The molecule has 0 fully saturated rings. The maximum atomic E-state index is 10.1. The Kier molecular flexibility index (Phi) is 4.11. The molecule has 2 atom stereocenters. The van der Waals surface area contributed by atoms with Gasteiger partial charge in [0.1, 0.15) is 0 Å². The van der Waals surface area contributed by atoms with Gasteiger partial charge >= 0.3 is 0 Å². The minimum absolute atomic E-state index is 0.259. The van der Waals surface area contributed by atoms with Crippen LogP contribution in [0.15, 0.2) is 48.7 Å². The van der Waals surface area contributed by atoms with E-state index in [0.29, 0.717) is 0 Å². The van der Waals surface area contributed by atoms with E-state index in [-0.39, 0.29) is 5.92 Å². The number of benzene rings is 1. The standard InChI is InChI=1S/C16H19NO/c1-3-12(2)16(18)14-9-10-15(17-11-14)13-7-5-4-6-8-13/h4-12,16,18H,3H2,1-2H3. The molecule has 0 amide bonds. The third kappa shape index (κ3) is 2.77. The topological polar surface area (TPSA) is 33.1 Å². The van der Waals surface area contributed by atoms with E-state index in [9.17, 15) is 5.11 Å². The van der Waals surface area contributed by atoms with Gasteiger partial charge in [0, 0.05) is 11.8 Å². The summed E-state index contributed by atoms with van der Waals surface area (Å²) in [5.74, 6) is 0.259. The van der Waals surface area contributed by atoms with E-state index >= 15 is 0 Å². The summed E-state index contributed by atoms with van der Waals surface area (Å²) in [7, 11) is 0. The van der Waals surface area contributed by atoms with Crippen molar-refractivity contribution in [1.29, 1.82) is 0 Å². The predicted molar refractivity (Wildman–Crippen MR) is 74.1 cm³/mol. The summed E-state index contributed by atoms with van der Waals surface area (Å²) in [6.07, 6.45) is 2.31. The summed E-state index contributed by atoms with van der Waals surface area (Å²) >= 11 is 0. The van der Waals surface area contributed by atoms with Crippen molar-refractivity contribution in [3.05, 3.63) is 54.2 Å². The molecule has 1 heterocycles. The summed E-state index contributed by atoms with van der Waals surface area (Å²) in [6.45, 7) is 4.13. The normalized spacial score (nSPS) is 14.2. The lowest BCUT2D eigenvalue weighted by Gasteiger charge is -2.17. The van der Waals surface area contributed by atoms with Crippen LogP contribution >= 0.6 is 0 Å². The molecule has 1 aromatic heterocycles. The van der Waals surface area contributed by atoms with Crippen molar-refractivity contribution in [2.45, 2.75) is 26.4 Å². The highest BCUT2D eigenvalue weighted by Gasteiger charge is 2.14. The Balaban J connectivity index is 2.20. The molecule has 0 saturated heterocycles. The van der Waals surface area contributed by atoms with Crippen molar-refractivity contribution in [2.24, 2.45) is 5.92 Å². The van der Waals surface area contributed by atoms with Gasteiger partial charge in [0.2, 0.25) is 0 Å². The van der Waals surface area contributed by atoms with Gasteiger partial charge in [-0.3, -0.25) is 4.98 Å². The number of aliphatic hydroxyl groups is 1. The SMILES string of the molecule is CCC(C)C(O)c1ccc(-c2ccccc2)nc1. The fourth-order valence-electron chi connectivity index (χ4n) is 1.91. The molecule has 0 aliphatic rings. The van der Waals surface area contributed by atoms with Gasteiger partial charge in [-0.05, 0) is 17.5 Å². The Hall–Kier alpha value is -1.67. The Morgan fingerprint density at radius 2 is 1.83 bits per heavy atom. The summed E-state index contributed by atoms with van der Waals surface area (Å²) in [6, 6.07) is 14.0. The zero-order chi connectivity index (χ0) is 13.0. The summed E-state index contributed by atoms with van der Waals surface area (Å²) in [5, 5.41) is 10.1. The zero-order valence-electron chi connectivity index (χ0n) is 10.9. The minimum Gasteiger partial charge on any atom is -0.388 e. The van der Waals surface area contributed by atoms with E-state index in [1.807, 2.05) is 42.5 Å². The second-order valence-electron chi connectivity index (χ2n) is 4.67. The summed E-state index contributed by atoms with van der Waals surface area (Å²) < 4.78 is 0. The molecule has 0 radical (unpaired) electrons. The number of hydrogen-bond donors (Lipinski definition) is 1. The van der Waals surface area contributed by atoms with Gasteiger partial charge < -0.3 is 5.11 Å².